The number of benzene rings is 1. The molecule has 1 atom stereocenters. The van der Waals surface area contributed by atoms with Gasteiger partial charge in [0.2, 0.25) is 5.91 Å². The molecular weight excluding hydrogens is 340 g/mol. The van der Waals surface area contributed by atoms with Gasteiger partial charge in [-0.25, -0.2) is 0 Å². The SMILES string of the molecule is O=C(Cc1ccccc1)NC1CCN(c2ccc3nnc(C4CC4)n3n2)C1. The molecule has 2 aliphatic rings. The number of carbonyl (C=O) groups excluding carboxylic acids is 1. The molecule has 7 nitrogen and oxygen atoms in total. The highest BCUT2D eigenvalue weighted by atomic mass is 16.1. The van der Waals surface area contributed by atoms with Gasteiger partial charge in [0.05, 0.1) is 6.42 Å². The van der Waals surface area contributed by atoms with Crippen molar-refractivity contribution in [3.05, 3.63) is 53.9 Å². The summed E-state index contributed by atoms with van der Waals surface area (Å²) in [5, 5.41) is 16.4. The van der Waals surface area contributed by atoms with Crippen molar-refractivity contribution < 1.29 is 4.79 Å². The van der Waals surface area contributed by atoms with E-state index in [0.29, 0.717) is 12.3 Å². The normalized spacial score (nSPS) is 19.6. The first-order chi connectivity index (χ1) is 13.3. The smallest absolute Gasteiger partial charge is 0.224 e. The van der Waals surface area contributed by atoms with E-state index in [-0.39, 0.29) is 11.9 Å². The lowest BCUT2D eigenvalue weighted by atomic mass is 10.1. The quantitative estimate of drug-likeness (QED) is 0.751. The summed E-state index contributed by atoms with van der Waals surface area (Å²) in [6.45, 7) is 1.66. The molecule has 1 saturated heterocycles. The van der Waals surface area contributed by atoms with Crippen molar-refractivity contribution in [1.82, 2.24) is 25.1 Å². The first-order valence-electron chi connectivity index (χ1n) is 9.57. The molecule has 2 fully saturated rings. The predicted octanol–water partition coefficient (Wildman–Crippen LogP) is 1.94. The van der Waals surface area contributed by atoms with E-state index < -0.39 is 0 Å². The fourth-order valence-corrected chi connectivity index (χ4v) is 3.71. The van der Waals surface area contributed by atoms with Crippen molar-refractivity contribution >= 4 is 17.4 Å². The first-order valence-corrected chi connectivity index (χ1v) is 9.57. The molecule has 1 aliphatic carbocycles. The molecule has 1 aromatic carbocycles. The second kappa shape index (κ2) is 6.64. The molecule has 138 valence electrons. The van der Waals surface area contributed by atoms with Crippen molar-refractivity contribution in [2.24, 2.45) is 0 Å². The molecule has 5 rings (SSSR count). The van der Waals surface area contributed by atoms with Crippen molar-refractivity contribution in [3.8, 4) is 0 Å². The molecule has 1 unspecified atom stereocenters. The largest absolute Gasteiger partial charge is 0.353 e. The zero-order chi connectivity index (χ0) is 18.2. The Morgan fingerprint density at radius 1 is 1.07 bits per heavy atom. The summed E-state index contributed by atoms with van der Waals surface area (Å²) in [6.07, 6.45) is 3.70. The molecule has 0 bridgehead atoms. The van der Waals surface area contributed by atoms with Crippen LogP contribution in [0.25, 0.3) is 5.65 Å². The highest BCUT2D eigenvalue weighted by Crippen LogP contribution is 2.38. The van der Waals surface area contributed by atoms with Gasteiger partial charge in [0.1, 0.15) is 5.82 Å². The first kappa shape index (κ1) is 16.2. The van der Waals surface area contributed by atoms with Crippen LogP contribution in [-0.4, -0.2) is 44.8 Å². The molecule has 3 aromatic rings. The minimum absolute atomic E-state index is 0.0753. The van der Waals surface area contributed by atoms with Gasteiger partial charge in [0.25, 0.3) is 0 Å². The monoisotopic (exact) mass is 362 g/mol. The van der Waals surface area contributed by atoms with Crippen LogP contribution >= 0.6 is 0 Å². The third-order valence-electron chi connectivity index (χ3n) is 5.30. The number of amides is 1. The van der Waals surface area contributed by atoms with Gasteiger partial charge in [-0.3, -0.25) is 4.79 Å². The average molecular weight is 362 g/mol. The average Bonchev–Trinajstić information content (AvgIpc) is 3.27. The van der Waals surface area contributed by atoms with Crippen LogP contribution in [0.4, 0.5) is 5.82 Å². The third kappa shape index (κ3) is 3.37. The number of rotatable bonds is 5. The molecular formula is C20H22N6O. The van der Waals surface area contributed by atoms with Gasteiger partial charge >= 0.3 is 0 Å². The van der Waals surface area contributed by atoms with Gasteiger partial charge in [-0.1, -0.05) is 30.3 Å². The second-order valence-corrected chi connectivity index (χ2v) is 7.46. The Morgan fingerprint density at radius 3 is 2.74 bits per heavy atom. The van der Waals surface area contributed by atoms with Gasteiger partial charge in [-0.2, -0.15) is 4.52 Å². The molecule has 1 aliphatic heterocycles. The number of hydrogen-bond donors (Lipinski definition) is 1. The second-order valence-electron chi connectivity index (χ2n) is 7.46. The standard InChI is InChI=1S/C20H22N6O/c27-19(12-14-4-2-1-3-5-14)21-16-10-11-25(13-16)18-9-8-17-22-23-20(15-6-7-15)26(17)24-18/h1-5,8-9,15-16H,6-7,10-13H2,(H,21,27). The zero-order valence-corrected chi connectivity index (χ0v) is 15.1. The molecule has 7 heteroatoms. The van der Waals surface area contributed by atoms with Crippen molar-refractivity contribution in [2.45, 2.75) is 37.6 Å². The van der Waals surface area contributed by atoms with Crippen LogP contribution in [0.1, 0.15) is 36.6 Å². The van der Waals surface area contributed by atoms with E-state index in [4.69, 9.17) is 5.10 Å². The van der Waals surface area contributed by atoms with Crippen LogP contribution in [-0.2, 0) is 11.2 Å². The molecule has 0 radical (unpaired) electrons. The van der Waals surface area contributed by atoms with E-state index in [1.807, 2.05) is 47.0 Å². The number of nitrogens with one attached hydrogen (secondary N) is 1. The Hall–Kier alpha value is -2.96. The Labute approximate surface area is 157 Å². The minimum atomic E-state index is 0.0753. The van der Waals surface area contributed by atoms with Gasteiger partial charge in [-0.05, 0) is 37.0 Å². The van der Waals surface area contributed by atoms with Crippen LogP contribution in [0.15, 0.2) is 42.5 Å². The van der Waals surface area contributed by atoms with E-state index in [1.54, 1.807) is 0 Å². The van der Waals surface area contributed by atoms with Gasteiger partial charge in [-0.15, -0.1) is 15.3 Å². The van der Waals surface area contributed by atoms with Crippen molar-refractivity contribution in [3.63, 3.8) is 0 Å². The summed E-state index contributed by atoms with van der Waals surface area (Å²) in [7, 11) is 0. The molecule has 0 spiro atoms. The molecule has 1 N–H and O–H groups in total. The zero-order valence-electron chi connectivity index (χ0n) is 15.1. The maximum Gasteiger partial charge on any atom is 0.224 e. The number of hydrogen-bond acceptors (Lipinski definition) is 5. The Bertz CT molecular complexity index is 965. The van der Waals surface area contributed by atoms with Gasteiger partial charge < -0.3 is 10.2 Å². The summed E-state index contributed by atoms with van der Waals surface area (Å²) < 4.78 is 1.88. The van der Waals surface area contributed by atoms with E-state index in [2.05, 4.69) is 20.4 Å². The topological polar surface area (TPSA) is 75.4 Å². The van der Waals surface area contributed by atoms with Crippen LogP contribution in [0.5, 0.6) is 0 Å². The Balaban J connectivity index is 1.24. The molecule has 1 saturated carbocycles. The number of carbonyl (C=O) groups is 1. The molecule has 27 heavy (non-hydrogen) atoms. The summed E-state index contributed by atoms with van der Waals surface area (Å²) in [5.74, 6) is 2.47. The van der Waals surface area contributed by atoms with E-state index in [0.717, 1.165) is 42.4 Å². The van der Waals surface area contributed by atoms with Crippen molar-refractivity contribution in [1.29, 1.82) is 0 Å². The van der Waals surface area contributed by atoms with E-state index >= 15 is 0 Å². The Kier molecular flexibility index (Phi) is 3.99. The maximum atomic E-state index is 12.3. The Morgan fingerprint density at radius 2 is 1.93 bits per heavy atom. The minimum Gasteiger partial charge on any atom is -0.353 e. The van der Waals surface area contributed by atoms with Gasteiger partial charge in [0, 0.05) is 25.0 Å². The summed E-state index contributed by atoms with van der Waals surface area (Å²) >= 11 is 0. The van der Waals surface area contributed by atoms with Crippen molar-refractivity contribution in [2.75, 3.05) is 18.0 Å². The number of nitrogens with zero attached hydrogens (tertiary/aromatic N) is 5. The van der Waals surface area contributed by atoms with E-state index in [1.165, 1.54) is 12.8 Å². The number of fused-ring (bicyclic) bond motifs is 1. The fourth-order valence-electron chi connectivity index (χ4n) is 3.71. The fraction of sp³-hybridized carbons (Fsp3) is 0.400. The summed E-state index contributed by atoms with van der Waals surface area (Å²) in [6, 6.07) is 14.0. The van der Waals surface area contributed by atoms with E-state index in [9.17, 15) is 4.79 Å². The van der Waals surface area contributed by atoms with Crippen LogP contribution in [0.2, 0.25) is 0 Å². The predicted molar refractivity (Wildman–Crippen MR) is 102 cm³/mol. The highest BCUT2D eigenvalue weighted by molar-refractivity contribution is 5.79. The molecule has 2 aromatic heterocycles. The van der Waals surface area contributed by atoms with Crippen LogP contribution in [0, 0.1) is 0 Å². The molecule has 1 amide bonds. The lowest BCUT2D eigenvalue weighted by molar-refractivity contribution is -0.121. The summed E-state index contributed by atoms with van der Waals surface area (Å²) in [4.78, 5) is 14.5. The highest BCUT2D eigenvalue weighted by Gasteiger charge is 2.30. The maximum absolute atomic E-state index is 12.3. The lowest BCUT2D eigenvalue weighted by Gasteiger charge is -2.18. The third-order valence-corrected chi connectivity index (χ3v) is 5.30. The number of aromatic nitrogens is 4. The van der Waals surface area contributed by atoms with Crippen LogP contribution in [0.3, 0.4) is 0 Å². The van der Waals surface area contributed by atoms with Crippen LogP contribution < -0.4 is 10.2 Å². The number of anilines is 1. The lowest BCUT2D eigenvalue weighted by Crippen LogP contribution is -2.38. The summed E-state index contributed by atoms with van der Waals surface area (Å²) in [5.41, 5.74) is 1.84. The molecule has 3 heterocycles. The van der Waals surface area contributed by atoms with Gasteiger partial charge in [0.15, 0.2) is 11.5 Å².